The lowest BCUT2D eigenvalue weighted by molar-refractivity contribution is 0.0524. The van der Waals surface area contributed by atoms with E-state index < -0.39 is 0 Å². The number of carbonyl (C=O) groups is 1. The van der Waals surface area contributed by atoms with Crippen LogP contribution in [0.15, 0.2) is 16.8 Å². The van der Waals surface area contributed by atoms with Crippen LogP contribution in [0, 0.1) is 6.92 Å². The first-order valence-electron chi connectivity index (χ1n) is 6.42. The van der Waals surface area contributed by atoms with Crippen LogP contribution in [0.3, 0.4) is 0 Å². The van der Waals surface area contributed by atoms with Crippen LogP contribution in [0.4, 0.5) is 0 Å². The summed E-state index contributed by atoms with van der Waals surface area (Å²) in [5, 5.41) is 11.2. The summed E-state index contributed by atoms with van der Waals surface area (Å²) >= 11 is 0. The second-order valence-electron chi connectivity index (χ2n) is 4.38. The molecule has 0 unspecified atom stereocenters. The number of aryl methyl sites for hydroxylation is 2. The van der Waals surface area contributed by atoms with E-state index in [1.807, 2.05) is 13.0 Å². The van der Waals surface area contributed by atoms with E-state index in [1.165, 1.54) is 6.20 Å². The van der Waals surface area contributed by atoms with Crippen molar-refractivity contribution in [3.63, 3.8) is 0 Å². The predicted octanol–water partition coefficient (Wildman–Crippen LogP) is 1.18. The van der Waals surface area contributed by atoms with Crippen molar-refractivity contribution in [2.24, 2.45) is 7.05 Å². The van der Waals surface area contributed by atoms with Gasteiger partial charge in [0.2, 0.25) is 0 Å². The van der Waals surface area contributed by atoms with Crippen LogP contribution in [0.1, 0.15) is 34.4 Å². The van der Waals surface area contributed by atoms with E-state index in [1.54, 1.807) is 18.7 Å². The van der Waals surface area contributed by atoms with Gasteiger partial charge >= 0.3 is 5.97 Å². The van der Waals surface area contributed by atoms with Crippen LogP contribution in [-0.4, -0.2) is 27.5 Å². The summed E-state index contributed by atoms with van der Waals surface area (Å²) in [5.41, 5.74) is 2.09. The Labute approximate surface area is 116 Å². The number of aromatic nitrogens is 3. The Kier molecular flexibility index (Phi) is 4.52. The molecule has 0 atom stereocenters. The minimum Gasteiger partial charge on any atom is -0.462 e. The molecule has 0 fully saturated rings. The van der Waals surface area contributed by atoms with Crippen LogP contribution >= 0.6 is 0 Å². The summed E-state index contributed by atoms with van der Waals surface area (Å²) in [6.07, 6.45) is 1.52. The van der Waals surface area contributed by atoms with Crippen molar-refractivity contribution in [2.45, 2.75) is 26.9 Å². The van der Waals surface area contributed by atoms with Gasteiger partial charge in [-0.3, -0.25) is 4.68 Å². The number of carbonyl (C=O) groups excluding carboxylic acids is 1. The molecular weight excluding hydrogens is 260 g/mol. The Hall–Kier alpha value is -2.15. The Bertz CT molecular complexity index is 588. The second-order valence-corrected chi connectivity index (χ2v) is 4.38. The lowest BCUT2D eigenvalue weighted by atomic mass is 10.2. The topological polar surface area (TPSA) is 82.2 Å². The molecule has 2 rings (SSSR count). The number of ether oxygens (including phenoxy) is 1. The van der Waals surface area contributed by atoms with E-state index in [2.05, 4.69) is 15.6 Å². The molecule has 0 spiro atoms. The van der Waals surface area contributed by atoms with Crippen LogP contribution in [0.25, 0.3) is 0 Å². The highest BCUT2D eigenvalue weighted by molar-refractivity contribution is 5.90. The average Bonchev–Trinajstić information content (AvgIpc) is 2.97. The molecule has 0 aliphatic rings. The van der Waals surface area contributed by atoms with Crippen LogP contribution in [0.5, 0.6) is 0 Å². The maximum absolute atomic E-state index is 11.8. The number of nitrogens with one attached hydrogen (secondary N) is 1. The summed E-state index contributed by atoms with van der Waals surface area (Å²) in [6, 6.07) is 1.86. The van der Waals surface area contributed by atoms with Crippen molar-refractivity contribution >= 4 is 5.97 Å². The summed E-state index contributed by atoms with van der Waals surface area (Å²) in [4.78, 5) is 11.8. The van der Waals surface area contributed by atoms with Gasteiger partial charge in [0.1, 0.15) is 11.3 Å². The van der Waals surface area contributed by atoms with Crippen molar-refractivity contribution in [3.05, 3.63) is 35.0 Å². The molecule has 7 nitrogen and oxygen atoms in total. The van der Waals surface area contributed by atoms with Crippen LogP contribution < -0.4 is 5.32 Å². The smallest absolute Gasteiger partial charge is 0.341 e. The molecule has 0 aromatic carbocycles. The predicted molar refractivity (Wildman–Crippen MR) is 70.9 cm³/mol. The van der Waals surface area contributed by atoms with Crippen molar-refractivity contribution in [1.82, 2.24) is 20.3 Å². The normalized spacial score (nSPS) is 10.8. The van der Waals surface area contributed by atoms with Gasteiger partial charge in [-0.25, -0.2) is 4.79 Å². The zero-order valence-corrected chi connectivity index (χ0v) is 11.8. The van der Waals surface area contributed by atoms with Crippen molar-refractivity contribution < 1.29 is 14.1 Å². The third kappa shape index (κ3) is 3.24. The van der Waals surface area contributed by atoms with Gasteiger partial charge in [0, 0.05) is 26.2 Å². The lowest BCUT2D eigenvalue weighted by Crippen LogP contribution is -2.18. The quantitative estimate of drug-likeness (QED) is 0.799. The Morgan fingerprint density at radius 3 is 2.95 bits per heavy atom. The fourth-order valence-corrected chi connectivity index (χ4v) is 1.86. The summed E-state index contributed by atoms with van der Waals surface area (Å²) in [5.74, 6) is 0.421. The molecule has 0 radical (unpaired) electrons. The maximum atomic E-state index is 11.8. The molecule has 0 bridgehead atoms. The van der Waals surface area contributed by atoms with Crippen molar-refractivity contribution in [3.8, 4) is 0 Å². The lowest BCUT2D eigenvalue weighted by Gasteiger charge is -2.06. The molecular formula is C13H18N4O3. The zero-order chi connectivity index (χ0) is 14.5. The molecule has 0 saturated heterocycles. The number of rotatable bonds is 6. The third-order valence-electron chi connectivity index (χ3n) is 2.83. The maximum Gasteiger partial charge on any atom is 0.341 e. The average molecular weight is 278 g/mol. The molecule has 0 saturated carbocycles. The number of hydrogen-bond acceptors (Lipinski definition) is 6. The first kappa shape index (κ1) is 14.3. The molecule has 2 aromatic heterocycles. The monoisotopic (exact) mass is 278 g/mol. The number of nitrogens with zero attached hydrogens (tertiary/aromatic N) is 3. The Morgan fingerprint density at radius 1 is 1.50 bits per heavy atom. The first-order valence-corrected chi connectivity index (χ1v) is 6.42. The van der Waals surface area contributed by atoms with Gasteiger partial charge in [-0.05, 0) is 13.8 Å². The Morgan fingerprint density at radius 2 is 2.30 bits per heavy atom. The fraction of sp³-hybridized carbons (Fsp3) is 0.462. The summed E-state index contributed by atoms with van der Waals surface area (Å²) in [7, 11) is 1.79. The van der Waals surface area contributed by atoms with Gasteiger partial charge < -0.3 is 14.6 Å². The molecule has 1 N–H and O–H groups in total. The second kappa shape index (κ2) is 6.33. The van der Waals surface area contributed by atoms with Crippen LogP contribution in [-0.2, 0) is 24.9 Å². The third-order valence-corrected chi connectivity index (χ3v) is 2.83. The van der Waals surface area contributed by atoms with Crippen molar-refractivity contribution in [2.75, 3.05) is 6.61 Å². The number of esters is 1. The Balaban J connectivity index is 1.98. The van der Waals surface area contributed by atoms with E-state index in [9.17, 15) is 4.79 Å². The van der Waals surface area contributed by atoms with Crippen molar-refractivity contribution in [1.29, 1.82) is 0 Å². The van der Waals surface area contributed by atoms with Gasteiger partial charge in [0.05, 0.1) is 24.2 Å². The molecule has 2 heterocycles. The largest absolute Gasteiger partial charge is 0.462 e. The standard InChI is InChI=1S/C13H18N4O3/c1-4-19-13(18)11-7-15-17(3)12(11)8-14-6-10-5-9(2)20-16-10/h5,7,14H,4,6,8H2,1-3H3. The van der Waals surface area contributed by atoms with Gasteiger partial charge in [0.25, 0.3) is 0 Å². The minimum absolute atomic E-state index is 0.346. The van der Waals surface area contributed by atoms with Gasteiger partial charge in [-0.2, -0.15) is 5.10 Å². The minimum atomic E-state index is -0.352. The van der Waals surface area contributed by atoms with Crippen LogP contribution in [0.2, 0.25) is 0 Å². The van der Waals surface area contributed by atoms with E-state index in [-0.39, 0.29) is 5.97 Å². The molecule has 20 heavy (non-hydrogen) atoms. The van der Waals surface area contributed by atoms with Gasteiger partial charge in [-0.1, -0.05) is 5.16 Å². The van der Waals surface area contributed by atoms with E-state index in [0.29, 0.717) is 25.3 Å². The first-order chi connectivity index (χ1) is 9.61. The molecule has 0 amide bonds. The highest BCUT2D eigenvalue weighted by Gasteiger charge is 2.16. The highest BCUT2D eigenvalue weighted by atomic mass is 16.5. The highest BCUT2D eigenvalue weighted by Crippen LogP contribution is 2.10. The molecule has 2 aromatic rings. The van der Waals surface area contributed by atoms with Gasteiger partial charge in [-0.15, -0.1) is 0 Å². The molecule has 7 heteroatoms. The van der Waals surface area contributed by atoms with E-state index >= 15 is 0 Å². The molecule has 108 valence electrons. The molecule has 0 aliphatic heterocycles. The SMILES string of the molecule is CCOC(=O)c1cnn(C)c1CNCc1cc(C)on1. The van der Waals surface area contributed by atoms with E-state index in [4.69, 9.17) is 9.26 Å². The summed E-state index contributed by atoms with van der Waals surface area (Å²) in [6.45, 7) is 5.02. The van der Waals surface area contributed by atoms with Gasteiger partial charge in [0.15, 0.2) is 0 Å². The number of hydrogen-bond donors (Lipinski definition) is 1. The van der Waals surface area contributed by atoms with E-state index in [0.717, 1.165) is 17.1 Å². The summed E-state index contributed by atoms with van der Waals surface area (Å²) < 4.78 is 11.7. The fourth-order valence-electron chi connectivity index (χ4n) is 1.86. The zero-order valence-electron chi connectivity index (χ0n) is 11.8. The molecule has 0 aliphatic carbocycles.